The average molecular weight is 329 g/mol. The molecular weight excluding hydrogens is 310 g/mol. The summed E-state index contributed by atoms with van der Waals surface area (Å²) in [5, 5.41) is 11.7. The number of para-hydroxylation sites is 2. The van der Waals surface area contributed by atoms with Crippen LogP contribution in [-0.2, 0) is 16.1 Å². The summed E-state index contributed by atoms with van der Waals surface area (Å²) in [6, 6.07) is 13.3. The van der Waals surface area contributed by atoms with Gasteiger partial charge in [-0.05, 0) is 36.8 Å². The number of rotatable bonds is 6. The van der Waals surface area contributed by atoms with Crippen LogP contribution < -0.4 is 10.1 Å². The van der Waals surface area contributed by atoms with E-state index in [4.69, 9.17) is 14.6 Å². The number of carbonyl (C=O) groups excluding carboxylic acids is 2. The number of methoxy groups -OCH3 is 1. The van der Waals surface area contributed by atoms with Gasteiger partial charge in [0.2, 0.25) is 0 Å². The summed E-state index contributed by atoms with van der Waals surface area (Å²) in [4.78, 5) is 24.2. The molecular formula is C18H19NO5. The number of aliphatic hydroxyl groups excluding tert-OH is 1. The van der Waals surface area contributed by atoms with Crippen LogP contribution in [0.4, 0.5) is 5.69 Å². The zero-order valence-electron chi connectivity index (χ0n) is 13.5. The van der Waals surface area contributed by atoms with E-state index >= 15 is 0 Å². The summed E-state index contributed by atoms with van der Waals surface area (Å²) in [7, 11) is 1.50. The molecule has 24 heavy (non-hydrogen) atoms. The lowest BCUT2D eigenvalue weighted by Crippen LogP contribution is -2.30. The van der Waals surface area contributed by atoms with Crippen molar-refractivity contribution in [1.82, 2.24) is 0 Å². The Morgan fingerprint density at radius 3 is 2.42 bits per heavy atom. The molecule has 1 amide bonds. The van der Waals surface area contributed by atoms with E-state index in [1.807, 2.05) is 0 Å². The maximum Gasteiger partial charge on any atom is 0.338 e. The van der Waals surface area contributed by atoms with E-state index in [2.05, 4.69) is 5.32 Å². The third-order valence-electron chi connectivity index (χ3n) is 3.39. The maximum atomic E-state index is 12.2. The molecule has 2 rings (SSSR count). The van der Waals surface area contributed by atoms with Crippen LogP contribution in [0.3, 0.4) is 0 Å². The highest BCUT2D eigenvalue weighted by atomic mass is 16.5. The van der Waals surface area contributed by atoms with Crippen LogP contribution in [0.2, 0.25) is 0 Å². The minimum absolute atomic E-state index is 0.104. The zero-order valence-corrected chi connectivity index (χ0v) is 13.5. The molecule has 126 valence electrons. The van der Waals surface area contributed by atoms with Crippen LogP contribution in [0, 0.1) is 0 Å². The van der Waals surface area contributed by atoms with Crippen molar-refractivity contribution >= 4 is 17.6 Å². The van der Waals surface area contributed by atoms with Gasteiger partial charge in [-0.1, -0.05) is 24.3 Å². The fourth-order valence-electron chi connectivity index (χ4n) is 2.01. The van der Waals surface area contributed by atoms with Crippen LogP contribution in [0.15, 0.2) is 48.5 Å². The highest BCUT2D eigenvalue weighted by Crippen LogP contribution is 2.23. The number of carbonyl (C=O) groups is 2. The summed E-state index contributed by atoms with van der Waals surface area (Å²) in [5.74, 6) is -0.550. The standard InChI is InChI=1S/C18H19NO5/c1-12(17(21)19-15-5-3-4-6-16(15)23-2)24-18(22)14-9-7-13(11-20)8-10-14/h3-10,12,20H,11H2,1-2H3,(H,19,21)/t12-/m0/s1. The summed E-state index contributed by atoms with van der Waals surface area (Å²) in [6.07, 6.45) is -0.972. The van der Waals surface area contributed by atoms with Crippen molar-refractivity contribution in [3.05, 3.63) is 59.7 Å². The number of amides is 1. The second kappa shape index (κ2) is 8.12. The highest BCUT2D eigenvalue weighted by Gasteiger charge is 2.20. The predicted octanol–water partition coefficient (Wildman–Crippen LogP) is 2.37. The molecule has 0 saturated heterocycles. The van der Waals surface area contributed by atoms with Gasteiger partial charge < -0.3 is 19.9 Å². The van der Waals surface area contributed by atoms with Gasteiger partial charge in [-0.25, -0.2) is 4.79 Å². The lowest BCUT2D eigenvalue weighted by atomic mass is 10.1. The molecule has 2 aromatic carbocycles. The Morgan fingerprint density at radius 2 is 1.79 bits per heavy atom. The van der Waals surface area contributed by atoms with E-state index in [1.165, 1.54) is 14.0 Å². The monoisotopic (exact) mass is 329 g/mol. The Bertz CT molecular complexity index is 712. The topological polar surface area (TPSA) is 84.9 Å². The van der Waals surface area contributed by atoms with Gasteiger partial charge in [0.25, 0.3) is 5.91 Å². The van der Waals surface area contributed by atoms with Crippen molar-refractivity contribution in [2.24, 2.45) is 0 Å². The summed E-state index contributed by atoms with van der Waals surface area (Å²) in [5.41, 5.74) is 1.50. The number of esters is 1. The number of anilines is 1. The van der Waals surface area contributed by atoms with Crippen LogP contribution >= 0.6 is 0 Å². The lowest BCUT2D eigenvalue weighted by Gasteiger charge is -2.15. The smallest absolute Gasteiger partial charge is 0.338 e. The molecule has 0 radical (unpaired) electrons. The van der Waals surface area contributed by atoms with Crippen molar-refractivity contribution in [2.45, 2.75) is 19.6 Å². The number of hydrogen-bond acceptors (Lipinski definition) is 5. The molecule has 0 unspecified atom stereocenters. The van der Waals surface area contributed by atoms with Gasteiger partial charge in [0.1, 0.15) is 5.75 Å². The van der Waals surface area contributed by atoms with Gasteiger partial charge in [-0.2, -0.15) is 0 Å². The fraction of sp³-hybridized carbons (Fsp3) is 0.222. The van der Waals surface area contributed by atoms with E-state index in [0.717, 1.165) is 0 Å². The van der Waals surface area contributed by atoms with E-state index in [9.17, 15) is 9.59 Å². The molecule has 0 aliphatic rings. The third kappa shape index (κ3) is 4.33. The molecule has 0 spiro atoms. The second-order valence-corrected chi connectivity index (χ2v) is 5.09. The van der Waals surface area contributed by atoms with Crippen molar-refractivity contribution in [1.29, 1.82) is 0 Å². The quantitative estimate of drug-likeness (QED) is 0.795. The van der Waals surface area contributed by atoms with Crippen LogP contribution in [0.25, 0.3) is 0 Å². The van der Waals surface area contributed by atoms with E-state index < -0.39 is 18.0 Å². The van der Waals surface area contributed by atoms with Gasteiger partial charge in [-0.3, -0.25) is 4.79 Å². The first-order chi connectivity index (χ1) is 11.5. The Morgan fingerprint density at radius 1 is 1.12 bits per heavy atom. The van der Waals surface area contributed by atoms with Crippen molar-refractivity contribution in [2.75, 3.05) is 12.4 Å². The molecule has 0 fully saturated rings. The molecule has 0 heterocycles. The van der Waals surface area contributed by atoms with E-state index in [0.29, 0.717) is 22.6 Å². The second-order valence-electron chi connectivity index (χ2n) is 5.09. The predicted molar refractivity (Wildman–Crippen MR) is 88.9 cm³/mol. The van der Waals surface area contributed by atoms with Crippen molar-refractivity contribution in [3.63, 3.8) is 0 Å². The highest BCUT2D eigenvalue weighted by molar-refractivity contribution is 5.98. The Hall–Kier alpha value is -2.86. The third-order valence-corrected chi connectivity index (χ3v) is 3.39. The van der Waals surface area contributed by atoms with Gasteiger partial charge in [0.05, 0.1) is 25.0 Å². The number of benzene rings is 2. The molecule has 2 aromatic rings. The minimum Gasteiger partial charge on any atom is -0.495 e. The summed E-state index contributed by atoms with van der Waals surface area (Å²) >= 11 is 0. The molecule has 6 heteroatoms. The number of aliphatic hydroxyl groups is 1. The summed E-state index contributed by atoms with van der Waals surface area (Å²) in [6.45, 7) is 1.39. The van der Waals surface area contributed by atoms with Gasteiger partial charge in [-0.15, -0.1) is 0 Å². The van der Waals surface area contributed by atoms with Crippen LogP contribution in [0.1, 0.15) is 22.8 Å². The summed E-state index contributed by atoms with van der Waals surface area (Å²) < 4.78 is 10.3. The first kappa shape index (κ1) is 17.5. The number of nitrogens with one attached hydrogen (secondary N) is 1. The molecule has 0 saturated carbocycles. The van der Waals surface area contributed by atoms with Crippen LogP contribution in [0.5, 0.6) is 5.75 Å². The number of ether oxygens (including phenoxy) is 2. The molecule has 0 aliphatic heterocycles. The molecule has 1 atom stereocenters. The van der Waals surface area contributed by atoms with Gasteiger partial charge in [0.15, 0.2) is 6.10 Å². The fourth-order valence-corrected chi connectivity index (χ4v) is 2.01. The maximum absolute atomic E-state index is 12.2. The van der Waals surface area contributed by atoms with Crippen molar-refractivity contribution in [3.8, 4) is 5.75 Å². The normalized spacial score (nSPS) is 11.5. The Balaban J connectivity index is 1.98. The van der Waals surface area contributed by atoms with E-state index in [-0.39, 0.29) is 6.61 Å². The molecule has 0 bridgehead atoms. The van der Waals surface area contributed by atoms with Gasteiger partial charge in [0, 0.05) is 0 Å². The first-order valence-electron chi connectivity index (χ1n) is 7.39. The molecule has 0 aromatic heterocycles. The van der Waals surface area contributed by atoms with Crippen molar-refractivity contribution < 1.29 is 24.2 Å². The largest absolute Gasteiger partial charge is 0.495 e. The SMILES string of the molecule is COc1ccccc1NC(=O)[C@H](C)OC(=O)c1ccc(CO)cc1. The Kier molecular flexibility index (Phi) is 5.92. The number of hydrogen-bond donors (Lipinski definition) is 2. The lowest BCUT2D eigenvalue weighted by molar-refractivity contribution is -0.123. The van der Waals surface area contributed by atoms with Crippen LogP contribution in [-0.4, -0.2) is 30.2 Å². The van der Waals surface area contributed by atoms with Gasteiger partial charge >= 0.3 is 5.97 Å². The zero-order chi connectivity index (χ0) is 17.5. The molecule has 6 nitrogen and oxygen atoms in total. The first-order valence-corrected chi connectivity index (χ1v) is 7.39. The average Bonchev–Trinajstić information content (AvgIpc) is 2.62. The molecule has 2 N–H and O–H groups in total. The minimum atomic E-state index is -0.972. The molecule has 0 aliphatic carbocycles. The Labute approximate surface area is 140 Å². The van der Waals surface area contributed by atoms with E-state index in [1.54, 1.807) is 48.5 Å².